The van der Waals surface area contributed by atoms with Crippen LogP contribution < -0.4 is 5.73 Å². The number of thioether (sulfide) groups is 1. The Morgan fingerprint density at radius 1 is 1.15 bits per heavy atom. The Morgan fingerprint density at radius 2 is 1.80 bits per heavy atom. The zero-order valence-electron chi connectivity index (χ0n) is 9.99. The van der Waals surface area contributed by atoms with Crippen LogP contribution in [0, 0.1) is 5.82 Å². The Balaban J connectivity index is 2.02. The van der Waals surface area contributed by atoms with Crippen molar-refractivity contribution >= 4 is 17.6 Å². The first-order valence-electron chi connectivity index (χ1n) is 5.43. The van der Waals surface area contributed by atoms with Crippen molar-refractivity contribution in [2.75, 3.05) is 5.73 Å². The van der Waals surface area contributed by atoms with Crippen molar-refractivity contribution in [3.63, 3.8) is 0 Å². The van der Waals surface area contributed by atoms with E-state index in [2.05, 4.69) is 9.97 Å². The van der Waals surface area contributed by atoms with E-state index in [0.717, 1.165) is 30.1 Å². The molecule has 20 heavy (non-hydrogen) atoms. The fourth-order valence-corrected chi connectivity index (χ4v) is 2.15. The van der Waals surface area contributed by atoms with Crippen molar-refractivity contribution in [1.29, 1.82) is 0 Å². The van der Waals surface area contributed by atoms with Gasteiger partial charge < -0.3 is 5.73 Å². The fourth-order valence-electron chi connectivity index (χ4n) is 1.37. The third-order valence-corrected chi connectivity index (χ3v) is 3.33. The second-order valence-electron chi connectivity index (χ2n) is 3.87. The van der Waals surface area contributed by atoms with Crippen molar-refractivity contribution in [3.8, 4) is 0 Å². The second-order valence-corrected chi connectivity index (χ2v) is 4.81. The molecule has 1 heterocycles. The first-order chi connectivity index (χ1) is 9.36. The number of benzene rings is 1. The molecule has 0 saturated carbocycles. The van der Waals surface area contributed by atoms with Crippen LogP contribution >= 0.6 is 11.8 Å². The normalized spacial score (nSPS) is 11.6. The van der Waals surface area contributed by atoms with E-state index < -0.39 is 17.6 Å². The van der Waals surface area contributed by atoms with Crippen LogP contribution in [0.4, 0.5) is 23.4 Å². The van der Waals surface area contributed by atoms with E-state index in [4.69, 9.17) is 5.73 Å². The highest BCUT2D eigenvalue weighted by molar-refractivity contribution is 7.98. The minimum atomic E-state index is -4.35. The zero-order chi connectivity index (χ0) is 14.8. The summed E-state index contributed by atoms with van der Waals surface area (Å²) in [7, 11) is 0. The molecule has 0 amide bonds. The van der Waals surface area contributed by atoms with Crippen molar-refractivity contribution in [2.45, 2.75) is 17.1 Å². The van der Waals surface area contributed by atoms with Gasteiger partial charge in [0, 0.05) is 5.75 Å². The number of anilines is 1. The number of alkyl halides is 3. The standard InChI is InChI=1S/C12H9F4N3S/c13-9-5-18-11(19-10(9)17)20-6-7-1-3-8(4-2-7)12(14,15)16/h1-5H,6H2,(H2,17,18,19). The minimum absolute atomic E-state index is 0.255. The summed E-state index contributed by atoms with van der Waals surface area (Å²) in [5, 5.41) is 0.267. The summed E-state index contributed by atoms with van der Waals surface area (Å²) in [5.74, 6) is -0.595. The van der Waals surface area contributed by atoms with Gasteiger partial charge in [-0.3, -0.25) is 0 Å². The molecule has 0 aliphatic carbocycles. The van der Waals surface area contributed by atoms with E-state index in [-0.39, 0.29) is 11.0 Å². The number of hydrogen-bond donors (Lipinski definition) is 1. The molecular weight excluding hydrogens is 294 g/mol. The molecule has 0 unspecified atom stereocenters. The van der Waals surface area contributed by atoms with Crippen molar-refractivity contribution < 1.29 is 17.6 Å². The summed E-state index contributed by atoms with van der Waals surface area (Å²) in [5.41, 5.74) is 5.27. The monoisotopic (exact) mass is 303 g/mol. The summed E-state index contributed by atoms with van der Waals surface area (Å²) in [6, 6.07) is 4.77. The number of aromatic nitrogens is 2. The molecule has 0 aliphatic heterocycles. The molecule has 0 saturated heterocycles. The van der Waals surface area contributed by atoms with Crippen LogP contribution in [0.1, 0.15) is 11.1 Å². The average molecular weight is 303 g/mol. The molecule has 2 aromatic rings. The maximum absolute atomic E-state index is 12.9. The Morgan fingerprint density at radius 3 is 2.35 bits per heavy atom. The Hall–Kier alpha value is -1.83. The van der Waals surface area contributed by atoms with Gasteiger partial charge in [-0.25, -0.2) is 14.4 Å². The number of rotatable bonds is 3. The van der Waals surface area contributed by atoms with E-state index in [9.17, 15) is 17.6 Å². The predicted molar refractivity (Wildman–Crippen MR) is 67.4 cm³/mol. The Labute approximate surface area is 116 Å². The van der Waals surface area contributed by atoms with Gasteiger partial charge in [-0.1, -0.05) is 23.9 Å². The lowest BCUT2D eigenvalue weighted by atomic mass is 10.1. The van der Waals surface area contributed by atoms with Crippen molar-refractivity contribution in [2.24, 2.45) is 0 Å². The third-order valence-electron chi connectivity index (χ3n) is 2.40. The first-order valence-corrected chi connectivity index (χ1v) is 6.42. The topological polar surface area (TPSA) is 51.8 Å². The molecule has 1 aromatic heterocycles. The van der Waals surface area contributed by atoms with Crippen LogP contribution in [0.3, 0.4) is 0 Å². The molecule has 0 bridgehead atoms. The lowest BCUT2D eigenvalue weighted by Gasteiger charge is -2.07. The van der Waals surface area contributed by atoms with Gasteiger partial charge in [-0.2, -0.15) is 13.2 Å². The summed E-state index contributed by atoms with van der Waals surface area (Å²) < 4.78 is 50.0. The van der Waals surface area contributed by atoms with Crippen LogP contribution in [-0.4, -0.2) is 9.97 Å². The molecule has 0 atom stereocenters. The van der Waals surface area contributed by atoms with Gasteiger partial charge in [0.2, 0.25) is 0 Å². The molecule has 2 N–H and O–H groups in total. The van der Waals surface area contributed by atoms with E-state index in [0.29, 0.717) is 11.3 Å². The highest BCUT2D eigenvalue weighted by Crippen LogP contribution is 2.30. The number of nitrogens with two attached hydrogens (primary N) is 1. The van der Waals surface area contributed by atoms with Gasteiger partial charge >= 0.3 is 6.18 Å². The van der Waals surface area contributed by atoms with Gasteiger partial charge in [-0.15, -0.1) is 0 Å². The molecule has 0 spiro atoms. The maximum atomic E-state index is 12.9. The van der Waals surface area contributed by atoms with Gasteiger partial charge in [0.1, 0.15) is 0 Å². The summed E-state index contributed by atoms with van der Waals surface area (Å²) >= 11 is 1.16. The van der Waals surface area contributed by atoms with Gasteiger partial charge in [0.15, 0.2) is 16.8 Å². The summed E-state index contributed by atoms with van der Waals surface area (Å²) in [4.78, 5) is 7.45. The fraction of sp³-hybridized carbons (Fsp3) is 0.167. The third kappa shape index (κ3) is 3.60. The van der Waals surface area contributed by atoms with Crippen LogP contribution in [-0.2, 0) is 11.9 Å². The SMILES string of the molecule is Nc1nc(SCc2ccc(C(F)(F)F)cc2)ncc1F. The Bertz CT molecular complexity index is 599. The maximum Gasteiger partial charge on any atom is 0.416 e. The van der Waals surface area contributed by atoms with Crippen LogP contribution in [0.5, 0.6) is 0 Å². The molecule has 3 nitrogen and oxygen atoms in total. The predicted octanol–water partition coefficient (Wildman–Crippen LogP) is 3.51. The van der Waals surface area contributed by atoms with Gasteiger partial charge in [0.05, 0.1) is 11.8 Å². The lowest BCUT2D eigenvalue weighted by Crippen LogP contribution is -2.04. The number of nitrogens with zero attached hydrogens (tertiary/aromatic N) is 2. The van der Waals surface area contributed by atoms with Gasteiger partial charge in [0.25, 0.3) is 0 Å². The summed E-state index contributed by atoms with van der Waals surface area (Å²) in [6.45, 7) is 0. The first kappa shape index (κ1) is 14.6. The molecule has 106 valence electrons. The van der Waals surface area contributed by atoms with Crippen LogP contribution in [0.25, 0.3) is 0 Å². The van der Waals surface area contributed by atoms with Crippen LogP contribution in [0.2, 0.25) is 0 Å². The zero-order valence-corrected chi connectivity index (χ0v) is 10.8. The van der Waals surface area contributed by atoms with Gasteiger partial charge in [-0.05, 0) is 17.7 Å². The number of halogens is 4. The van der Waals surface area contributed by atoms with E-state index in [1.54, 1.807) is 0 Å². The van der Waals surface area contributed by atoms with E-state index in [1.165, 1.54) is 12.1 Å². The Kier molecular flexibility index (Phi) is 4.12. The molecular formula is C12H9F4N3S. The highest BCUT2D eigenvalue weighted by atomic mass is 32.2. The van der Waals surface area contributed by atoms with E-state index in [1.807, 2.05) is 0 Å². The molecule has 1 aromatic carbocycles. The molecule has 0 radical (unpaired) electrons. The second kappa shape index (κ2) is 5.66. The molecule has 8 heteroatoms. The molecule has 0 fully saturated rings. The quantitative estimate of drug-likeness (QED) is 0.535. The lowest BCUT2D eigenvalue weighted by molar-refractivity contribution is -0.137. The molecule has 2 rings (SSSR count). The summed E-state index contributed by atoms with van der Waals surface area (Å²) in [6.07, 6.45) is -3.39. The minimum Gasteiger partial charge on any atom is -0.381 e. The number of hydrogen-bond acceptors (Lipinski definition) is 4. The largest absolute Gasteiger partial charge is 0.416 e. The highest BCUT2D eigenvalue weighted by Gasteiger charge is 2.29. The van der Waals surface area contributed by atoms with Crippen LogP contribution in [0.15, 0.2) is 35.6 Å². The molecule has 0 aliphatic rings. The average Bonchev–Trinajstić information content (AvgIpc) is 2.40. The van der Waals surface area contributed by atoms with Crippen molar-refractivity contribution in [3.05, 3.63) is 47.4 Å². The van der Waals surface area contributed by atoms with E-state index >= 15 is 0 Å². The smallest absolute Gasteiger partial charge is 0.381 e. The number of nitrogen functional groups attached to an aromatic ring is 1. The van der Waals surface area contributed by atoms with Crippen molar-refractivity contribution in [1.82, 2.24) is 9.97 Å².